The maximum atomic E-state index is 13.0. The second kappa shape index (κ2) is 2.60. The molecular weight excluding hydrogens is 232 g/mol. The van der Waals surface area contributed by atoms with Crippen LogP contribution in [0.3, 0.4) is 0 Å². The van der Waals surface area contributed by atoms with Crippen LogP contribution >= 0.6 is 22.6 Å². The first-order valence-corrected chi connectivity index (χ1v) is 3.15. The fraction of sp³-hybridized carbons (Fsp3) is 0.167. The number of hydrogen-bond donors (Lipinski definition) is 0. The van der Waals surface area contributed by atoms with Crippen LogP contribution in [0.5, 0.6) is 0 Å². The van der Waals surface area contributed by atoms with Gasteiger partial charge in [0.2, 0.25) is 5.95 Å². The van der Waals surface area contributed by atoms with Crippen molar-refractivity contribution in [1.29, 1.82) is 0 Å². The third-order valence-corrected chi connectivity index (χ3v) is 1.72. The topological polar surface area (TPSA) is 12.9 Å². The molecule has 48 valence electrons. The molecule has 9 heavy (non-hydrogen) atoms. The van der Waals surface area contributed by atoms with E-state index in [0.717, 1.165) is 0 Å². The van der Waals surface area contributed by atoms with E-state index in [9.17, 15) is 4.39 Å². The molecule has 1 rings (SSSR count). The average Bonchev–Trinajstić information content (AvgIpc) is 1.98. The summed E-state index contributed by atoms with van der Waals surface area (Å²) in [5, 5.41) is 0. The molecule has 0 aromatic carbocycles. The van der Waals surface area contributed by atoms with Crippen molar-refractivity contribution in [2.45, 2.75) is 6.85 Å². The Morgan fingerprint density at radius 2 is 2.78 bits per heavy atom. The van der Waals surface area contributed by atoms with Gasteiger partial charge in [0.25, 0.3) is 0 Å². The lowest BCUT2D eigenvalue weighted by Crippen LogP contribution is -1.88. The average molecular weight is 242 g/mol. The van der Waals surface area contributed by atoms with Crippen LogP contribution in [0.1, 0.15) is 12.4 Å². The summed E-state index contributed by atoms with van der Waals surface area (Å²) in [5.74, 6) is -1.02. The highest BCUT2D eigenvalue weighted by Crippen LogP contribution is 2.11. The van der Waals surface area contributed by atoms with Crippen LogP contribution in [0.15, 0.2) is 12.2 Å². The van der Waals surface area contributed by atoms with Gasteiger partial charge in [-0.15, -0.1) is 0 Å². The van der Waals surface area contributed by atoms with E-state index in [2.05, 4.69) is 4.98 Å². The third-order valence-electron chi connectivity index (χ3n) is 0.736. The van der Waals surface area contributed by atoms with E-state index >= 15 is 0 Å². The molecule has 0 unspecified atom stereocenters. The molecule has 0 atom stereocenters. The van der Waals surface area contributed by atoms with Gasteiger partial charge in [0, 0.05) is 10.3 Å². The molecule has 1 heterocycles. The van der Waals surface area contributed by atoms with Gasteiger partial charge in [-0.25, -0.2) is 4.98 Å². The van der Waals surface area contributed by atoms with Gasteiger partial charge in [-0.05, 0) is 41.0 Å². The van der Waals surface area contributed by atoms with Crippen molar-refractivity contribution in [1.82, 2.24) is 4.98 Å². The molecule has 0 aliphatic heterocycles. The molecule has 0 amide bonds. The number of aromatic nitrogens is 1. The monoisotopic (exact) mass is 242 g/mol. The van der Waals surface area contributed by atoms with E-state index < -0.39 is 30.6 Å². The first kappa shape index (κ1) is 2.82. The van der Waals surface area contributed by atoms with Crippen molar-refractivity contribution in [2.24, 2.45) is 0 Å². The van der Waals surface area contributed by atoms with E-state index in [0.29, 0.717) is 0 Å². The zero-order valence-electron chi connectivity index (χ0n) is 9.20. The lowest BCUT2D eigenvalue weighted by atomic mass is 10.3. The van der Waals surface area contributed by atoms with E-state index in [1.807, 2.05) is 0 Å². The highest BCUT2D eigenvalue weighted by Gasteiger charge is 1.99. The smallest absolute Gasteiger partial charge is 0.226 e. The summed E-state index contributed by atoms with van der Waals surface area (Å²) < 4.78 is 48.4. The number of nitrogens with zero attached hydrogens (tertiary/aromatic N) is 1. The SMILES string of the molecule is [2H]c1nc(F)c(I)c(C([2H])([2H])[2H])c1[2H]. The van der Waals surface area contributed by atoms with Crippen molar-refractivity contribution < 1.29 is 11.2 Å². The minimum absolute atomic E-state index is 0.219. The molecule has 0 radical (unpaired) electrons. The van der Waals surface area contributed by atoms with Crippen molar-refractivity contribution in [3.63, 3.8) is 0 Å². The van der Waals surface area contributed by atoms with Gasteiger partial charge in [-0.2, -0.15) is 4.39 Å². The molecule has 0 fully saturated rings. The van der Waals surface area contributed by atoms with Gasteiger partial charge in [0.15, 0.2) is 0 Å². The molecule has 0 aliphatic rings. The van der Waals surface area contributed by atoms with Gasteiger partial charge in [0.1, 0.15) is 0 Å². The highest BCUT2D eigenvalue weighted by atomic mass is 127. The summed E-state index contributed by atoms with van der Waals surface area (Å²) in [6, 6.07) is -0.546. The summed E-state index contributed by atoms with van der Waals surface area (Å²) in [6.45, 7) is -2.59. The predicted molar refractivity (Wildman–Crippen MR) is 41.6 cm³/mol. The lowest BCUT2D eigenvalue weighted by molar-refractivity contribution is 0.574. The second-order valence-corrected chi connectivity index (χ2v) is 2.41. The van der Waals surface area contributed by atoms with Crippen LogP contribution in [0, 0.1) is 16.4 Å². The summed E-state index contributed by atoms with van der Waals surface area (Å²) in [6.07, 6.45) is -0.658. The van der Waals surface area contributed by atoms with Crippen molar-refractivity contribution >= 4 is 22.6 Å². The van der Waals surface area contributed by atoms with Gasteiger partial charge in [0.05, 0.1) is 6.31 Å². The minimum atomic E-state index is -2.59. The number of hydrogen-bond acceptors (Lipinski definition) is 1. The van der Waals surface area contributed by atoms with Crippen LogP contribution in [0.25, 0.3) is 0 Å². The normalized spacial score (nSPS) is 19.1. The maximum Gasteiger partial charge on any atom is 0.226 e. The van der Waals surface area contributed by atoms with Gasteiger partial charge in [-0.1, -0.05) is 0 Å². The van der Waals surface area contributed by atoms with E-state index in [1.54, 1.807) is 0 Å². The van der Waals surface area contributed by atoms with Crippen LogP contribution in [0.4, 0.5) is 4.39 Å². The molecule has 0 spiro atoms. The molecule has 1 aromatic heterocycles. The Morgan fingerprint density at radius 1 is 2.00 bits per heavy atom. The first-order chi connectivity index (χ1) is 6.25. The fourth-order valence-electron chi connectivity index (χ4n) is 0.340. The first-order valence-electron chi connectivity index (χ1n) is 4.58. The third kappa shape index (κ3) is 1.38. The Labute approximate surface area is 73.5 Å². The zero-order valence-corrected chi connectivity index (χ0v) is 6.36. The zero-order chi connectivity index (χ0) is 11.1. The number of halogens is 2. The van der Waals surface area contributed by atoms with Crippen LogP contribution in [0.2, 0.25) is 0 Å². The second-order valence-electron chi connectivity index (χ2n) is 1.33. The summed E-state index contributed by atoms with van der Waals surface area (Å²) in [4.78, 5) is 3.10. The molecule has 0 saturated heterocycles. The van der Waals surface area contributed by atoms with Crippen molar-refractivity contribution in [2.75, 3.05) is 0 Å². The van der Waals surface area contributed by atoms with E-state index in [4.69, 9.17) is 6.85 Å². The predicted octanol–water partition coefficient (Wildman–Crippen LogP) is 2.13. The molecule has 0 aliphatic carbocycles. The Hall–Kier alpha value is -0.190. The summed E-state index contributed by atoms with van der Waals surface area (Å²) in [5.41, 5.74) is -0.449. The van der Waals surface area contributed by atoms with Crippen LogP contribution in [-0.2, 0) is 0 Å². The summed E-state index contributed by atoms with van der Waals surface area (Å²) in [7, 11) is 0. The quantitative estimate of drug-likeness (QED) is 0.501. The molecule has 0 N–H and O–H groups in total. The molecule has 0 bridgehead atoms. The fourth-order valence-corrected chi connectivity index (χ4v) is 0.595. The Morgan fingerprint density at radius 3 is 3.44 bits per heavy atom. The van der Waals surface area contributed by atoms with Crippen molar-refractivity contribution in [3.05, 3.63) is 27.3 Å². The molecule has 1 aromatic rings. The maximum absolute atomic E-state index is 13.0. The molecular formula is C6H5FIN. The van der Waals surface area contributed by atoms with E-state index in [-0.39, 0.29) is 3.57 Å². The number of pyridine rings is 1. The Kier molecular flexibility index (Phi) is 0.813. The molecule has 3 heteroatoms. The van der Waals surface area contributed by atoms with Gasteiger partial charge >= 0.3 is 0 Å². The van der Waals surface area contributed by atoms with Crippen molar-refractivity contribution in [3.8, 4) is 0 Å². The van der Waals surface area contributed by atoms with Gasteiger partial charge in [-0.3, -0.25) is 0 Å². The van der Waals surface area contributed by atoms with Crippen LogP contribution in [-0.4, -0.2) is 4.98 Å². The van der Waals surface area contributed by atoms with E-state index in [1.165, 1.54) is 22.6 Å². The number of rotatable bonds is 0. The van der Waals surface area contributed by atoms with Crippen LogP contribution < -0.4 is 0 Å². The molecule has 0 saturated carbocycles. The lowest BCUT2D eigenvalue weighted by Gasteiger charge is -1.94. The Balaban J connectivity index is 3.56. The highest BCUT2D eigenvalue weighted by molar-refractivity contribution is 14.1. The summed E-state index contributed by atoms with van der Waals surface area (Å²) >= 11 is 1.47. The Bertz CT molecular complexity index is 351. The standard InChI is InChI=1S/C6H5FIN/c1-4-2-3-9-6(7)5(4)8/h2-3H,1H3/i1D3,2D,3D. The van der Waals surface area contributed by atoms with Gasteiger partial charge < -0.3 is 0 Å². The molecule has 1 nitrogen and oxygen atoms in total. The largest absolute Gasteiger partial charge is 0.227 e. The minimum Gasteiger partial charge on any atom is -0.227 e.